The predicted molar refractivity (Wildman–Crippen MR) is 82.6 cm³/mol. The van der Waals surface area contributed by atoms with Crippen LogP contribution in [-0.2, 0) is 19.0 Å². The SMILES string of the molecule is FC(F)(F)c1cc(OCc2cccc(-c3c[nH]nn3)c2)cc(C(F)(F)F)c1. The van der Waals surface area contributed by atoms with Crippen molar-refractivity contribution in [3.63, 3.8) is 0 Å². The average Bonchev–Trinajstić information content (AvgIpc) is 3.13. The summed E-state index contributed by atoms with van der Waals surface area (Å²) in [6, 6.07) is 7.80. The Morgan fingerprint density at radius 3 is 2.11 bits per heavy atom. The minimum absolute atomic E-state index is 0.0536. The van der Waals surface area contributed by atoms with Crippen LogP contribution in [0, 0.1) is 0 Å². The lowest BCUT2D eigenvalue weighted by atomic mass is 10.1. The second kappa shape index (κ2) is 6.93. The highest BCUT2D eigenvalue weighted by atomic mass is 19.4. The van der Waals surface area contributed by atoms with E-state index in [0.29, 0.717) is 29.0 Å². The third-order valence-electron chi connectivity index (χ3n) is 3.61. The molecule has 1 aromatic heterocycles. The molecule has 0 spiro atoms. The number of nitrogens with zero attached hydrogens (tertiary/aromatic N) is 2. The van der Waals surface area contributed by atoms with E-state index in [1.165, 1.54) is 0 Å². The second-order valence-electron chi connectivity index (χ2n) is 5.59. The summed E-state index contributed by atoms with van der Waals surface area (Å²) in [4.78, 5) is 0. The first kappa shape index (κ1) is 18.7. The van der Waals surface area contributed by atoms with E-state index < -0.39 is 29.2 Å². The minimum Gasteiger partial charge on any atom is -0.489 e. The molecule has 0 saturated heterocycles. The Hall–Kier alpha value is -3.04. The van der Waals surface area contributed by atoms with Crippen molar-refractivity contribution in [2.45, 2.75) is 19.0 Å². The van der Waals surface area contributed by atoms with Crippen molar-refractivity contribution >= 4 is 0 Å². The highest BCUT2D eigenvalue weighted by Crippen LogP contribution is 2.38. The molecule has 0 aliphatic carbocycles. The van der Waals surface area contributed by atoms with E-state index in [9.17, 15) is 26.3 Å². The van der Waals surface area contributed by atoms with Crippen LogP contribution in [0.5, 0.6) is 5.75 Å². The Kier molecular flexibility index (Phi) is 4.81. The summed E-state index contributed by atoms with van der Waals surface area (Å²) >= 11 is 0. The molecule has 2 aromatic carbocycles. The Morgan fingerprint density at radius 1 is 0.889 bits per heavy atom. The van der Waals surface area contributed by atoms with Crippen LogP contribution in [0.25, 0.3) is 11.3 Å². The standard InChI is InChI=1S/C17H11F6N3O/c18-16(19,20)12-5-13(17(21,22)23)7-14(6-12)27-9-10-2-1-3-11(4-10)15-8-24-26-25-15/h1-8H,9H2,(H,24,25,26). The van der Waals surface area contributed by atoms with Gasteiger partial charge in [0.25, 0.3) is 0 Å². The number of hydrogen-bond acceptors (Lipinski definition) is 3. The molecule has 0 saturated carbocycles. The minimum atomic E-state index is -4.92. The van der Waals surface area contributed by atoms with Gasteiger partial charge in [-0.3, -0.25) is 5.10 Å². The summed E-state index contributed by atoms with van der Waals surface area (Å²) in [6.45, 7) is -0.218. The molecule has 0 amide bonds. The van der Waals surface area contributed by atoms with Crippen molar-refractivity contribution < 1.29 is 31.1 Å². The maximum Gasteiger partial charge on any atom is 0.416 e. The van der Waals surface area contributed by atoms with E-state index in [1.54, 1.807) is 30.5 Å². The lowest BCUT2D eigenvalue weighted by Crippen LogP contribution is -2.11. The quantitative estimate of drug-likeness (QED) is 0.635. The Bertz CT molecular complexity index is 887. The number of ether oxygens (including phenoxy) is 1. The van der Waals surface area contributed by atoms with Gasteiger partial charge in [-0.15, -0.1) is 5.10 Å². The number of benzene rings is 2. The lowest BCUT2D eigenvalue weighted by molar-refractivity contribution is -0.143. The number of alkyl halides is 6. The van der Waals surface area contributed by atoms with Crippen LogP contribution in [0.3, 0.4) is 0 Å². The highest BCUT2D eigenvalue weighted by Gasteiger charge is 2.37. The van der Waals surface area contributed by atoms with Gasteiger partial charge in [0, 0.05) is 11.8 Å². The molecule has 10 heteroatoms. The van der Waals surface area contributed by atoms with Crippen LogP contribution in [0.2, 0.25) is 0 Å². The summed E-state index contributed by atoms with van der Waals surface area (Å²) in [7, 11) is 0. The van der Waals surface area contributed by atoms with Gasteiger partial charge in [-0.2, -0.15) is 26.3 Å². The van der Waals surface area contributed by atoms with Gasteiger partial charge in [0.2, 0.25) is 0 Å². The van der Waals surface area contributed by atoms with Crippen LogP contribution in [0.1, 0.15) is 16.7 Å². The summed E-state index contributed by atoms with van der Waals surface area (Å²) in [5.74, 6) is -0.524. The fourth-order valence-electron chi connectivity index (χ4n) is 2.34. The Labute approximate surface area is 148 Å². The fourth-order valence-corrected chi connectivity index (χ4v) is 2.34. The molecule has 3 rings (SSSR count). The molecule has 142 valence electrons. The van der Waals surface area contributed by atoms with Crippen LogP contribution >= 0.6 is 0 Å². The molecule has 0 unspecified atom stereocenters. The maximum atomic E-state index is 12.9. The fraction of sp³-hybridized carbons (Fsp3) is 0.176. The van der Waals surface area contributed by atoms with Gasteiger partial charge in [0.1, 0.15) is 18.1 Å². The second-order valence-corrected chi connectivity index (χ2v) is 5.59. The topological polar surface area (TPSA) is 50.8 Å². The first-order valence-corrected chi connectivity index (χ1v) is 7.51. The molecule has 27 heavy (non-hydrogen) atoms. The molecule has 1 N–H and O–H groups in total. The molecule has 4 nitrogen and oxygen atoms in total. The molecule has 1 heterocycles. The van der Waals surface area contributed by atoms with Crippen molar-refractivity contribution in [2.75, 3.05) is 0 Å². The zero-order valence-electron chi connectivity index (χ0n) is 13.4. The number of aromatic amines is 1. The first-order chi connectivity index (χ1) is 12.6. The first-order valence-electron chi connectivity index (χ1n) is 7.51. The number of nitrogens with one attached hydrogen (secondary N) is 1. The van der Waals surface area contributed by atoms with Crippen LogP contribution in [0.15, 0.2) is 48.7 Å². The van der Waals surface area contributed by atoms with Crippen molar-refractivity contribution in [3.8, 4) is 17.0 Å². The Balaban J connectivity index is 1.84. The predicted octanol–water partition coefficient (Wildman–Crippen LogP) is 5.09. The molecule has 0 atom stereocenters. The summed E-state index contributed by atoms with van der Waals surface area (Å²) < 4.78 is 82.4. The van der Waals surface area contributed by atoms with Gasteiger partial charge >= 0.3 is 12.4 Å². The third-order valence-corrected chi connectivity index (χ3v) is 3.61. The van der Waals surface area contributed by atoms with Crippen LogP contribution in [0.4, 0.5) is 26.3 Å². The van der Waals surface area contributed by atoms with E-state index in [4.69, 9.17) is 4.74 Å². The zero-order chi connectivity index (χ0) is 19.7. The molecule has 0 aliphatic rings. The summed E-state index contributed by atoms with van der Waals surface area (Å²) in [6.07, 6.45) is -8.30. The van der Waals surface area contributed by atoms with Crippen LogP contribution in [-0.4, -0.2) is 15.4 Å². The van der Waals surface area contributed by atoms with Crippen molar-refractivity contribution in [1.29, 1.82) is 0 Å². The van der Waals surface area contributed by atoms with E-state index in [-0.39, 0.29) is 12.7 Å². The molecular weight excluding hydrogens is 376 g/mol. The smallest absolute Gasteiger partial charge is 0.416 e. The largest absolute Gasteiger partial charge is 0.489 e. The molecular formula is C17H11F6N3O. The monoisotopic (exact) mass is 387 g/mol. The number of hydrogen-bond donors (Lipinski definition) is 1. The molecule has 3 aromatic rings. The molecule has 0 radical (unpaired) electrons. The van der Waals surface area contributed by atoms with Gasteiger partial charge in [-0.25, -0.2) is 0 Å². The number of halogens is 6. The average molecular weight is 387 g/mol. The molecule has 0 fully saturated rings. The summed E-state index contributed by atoms with van der Waals surface area (Å²) in [5, 5.41) is 9.94. The van der Waals surface area contributed by atoms with Gasteiger partial charge in [-0.1, -0.05) is 23.4 Å². The van der Waals surface area contributed by atoms with Gasteiger partial charge in [-0.05, 0) is 29.8 Å². The maximum absolute atomic E-state index is 12.9. The van der Waals surface area contributed by atoms with E-state index in [2.05, 4.69) is 15.4 Å². The Morgan fingerprint density at radius 2 is 1.56 bits per heavy atom. The van der Waals surface area contributed by atoms with E-state index in [0.717, 1.165) is 0 Å². The van der Waals surface area contributed by atoms with Crippen LogP contribution < -0.4 is 4.74 Å². The van der Waals surface area contributed by atoms with E-state index in [1.807, 2.05) is 0 Å². The van der Waals surface area contributed by atoms with Crippen molar-refractivity contribution in [3.05, 3.63) is 65.4 Å². The number of H-pyrrole nitrogens is 1. The van der Waals surface area contributed by atoms with Crippen molar-refractivity contribution in [1.82, 2.24) is 15.4 Å². The van der Waals surface area contributed by atoms with E-state index >= 15 is 0 Å². The van der Waals surface area contributed by atoms with Crippen molar-refractivity contribution in [2.24, 2.45) is 0 Å². The molecule has 0 bridgehead atoms. The van der Waals surface area contributed by atoms with Gasteiger partial charge in [0.15, 0.2) is 0 Å². The molecule has 0 aliphatic heterocycles. The number of rotatable bonds is 4. The number of aromatic nitrogens is 3. The van der Waals surface area contributed by atoms with Gasteiger partial charge < -0.3 is 4.74 Å². The lowest BCUT2D eigenvalue weighted by Gasteiger charge is -2.15. The highest BCUT2D eigenvalue weighted by molar-refractivity contribution is 5.58. The zero-order valence-corrected chi connectivity index (χ0v) is 13.4. The summed E-state index contributed by atoms with van der Waals surface area (Å²) in [5.41, 5.74) is -1.10. The van der Waals surface area contributed by atoms with Gasteiger partial charge in [0.05, 0.1) is 11.1 Å². The normalized spacial score (nSPS) is 12.2. The third kappa shape index (κ3) is 4.57.